The molecule has 0 aromatic carbocycles. The molecule has 4 heteroatoms. The van der Waals surface area contributed by atoms with Crippen LogP contribution in [0, 0.1) is 11.3 Å². The summed E-state index contributed by atoms with van der Waals surface area (Å²) < 4.78 is 4.84. The maximum atomic E-state index is 10.6. The van der Waals surface area contributed by atoms with E-state index in [9.17, 15) is 4.79 Å². The van der Waals surface area contributed by atoms with Gasteiger partial charge in [-0.15, -0.1) is 0 Å². The minimum Gasteiger partial charge on any atom is -0.481 e. The van der Waals surface area contributed by atoms with Crippen LogP contribution in [0.5, 0.6) is 0 Å². The average Bonchev–Trinajstić information content (AvgIpc) is 1.88. The third kappa shape index (κ3) is 3.02. The van der Waals surface area contributed by atoms with Gasteiger partial charge in [-0.1, -0.05) is 6.92 Å². The number of nitrogens with one attached hydrogen (secondary N) is 1. The van der Waals surface area contributed by atoms with Crippen LogP contribution in [0.4, 0.5) is 0 Å². The summed E-state index contributed by atoms with van der Waals surface area (Å²) in [4.78, 5) is 10.6. The molecule has 0 aromatic heterocycles. The molecule has 0 spiro atoms. The number of primary amides is 1. The van der Waals surface area contributed by atoms with Gasteiger partial charge < -0.3 is 10.5 Å². The van der Waals surface area contributed by atoms with Crippen LogP contribution in [0.15, 0.2) is 0 Å². The second-order valence-corrected chi connectivity index (χ2v) is 2.16. The van der Waals surface area contributed by atoms with Gasteiger partial charge in [-0.2, -0.15) is 0 Å². The Morgan fingerprint density at radius 2 is 2.18 bits per heavy atom. The van der Waals surface area contributed by atoms with Crippen LogP contribution in [0.2, 0.25) is 0 Å². The van der Waals surface area contributed by atoms with E-state index in [0.29, 0.717) is 13.0 Å². The second-order valence-electron chi connectivity index (χ2n) is 2.16. The van der Waals surface area contributed by atoms with Crippen LogP contribution in [0.25, 0.3) is 0 Å². The summed E-state index contributed by atoms with van der Waals surface area (Å²) in [6.07, 6.45) is 0.522. The topological polar surface area (TPSA) is 76.2 Å². The van der Waals surface area contributed by atoms with Gasteiger partial charge in [0, 0.05) is 0 Å². The van der Waals surface area contributed by atoms with Crippen molar-refractivity contribution in [3.05, 3.63) is 0 Å². The Bertz CT molecular complexity index is 157. The molecule has 0 heterocycles. The molecule has 0 saturated heterocycles. The highest BCUT2D eigenvalue weighted by Crippen LogP contribution is 2.03. The van der Waals surface area contributed by atoms with Gasteiger partial charge in [0.15, 0.2) is 5.90 Å². The molecule has 0 rings (SSSR count). The number of rotatable bonds is 4. The first-order valence-electron chi connectivity index (χ1n) is 3.64. The monoisotopic (exact) mass is 158 g/mol. The lowest BCUT2D eigenvalue weighted by Crippen LogP contribution is -2.30. The second kappa shape index (κ2) is 4.71. The van der Waals surface area contributed by atoms with E-state index in [-0.39, 0.29) is 5.90 Å². The first kappa shape index (κ1) is 9.94. The first-order chi connectivity index (χ1) is 5.13. The molecule has 3 N–H and O–H groups in total. The molecule has 1 unspecified atom stereocenters. The summed E-state index contributed by atoms with van der Waals surface area (Å²) in [5.74, 6) is -1.08. The molecular formula is C7H14N2O2. The lowest BCUT2D eigenvalue weighted by molar-refractivity contribution is -0.120. The Labute approximate surface area is 66.2 Å². The van der Waals surface area contributed by atoms with Crippen molar-refractivity contribution >= 4 is 11.8 Å². The number of hydrogen-bond donors (Lipinski definition) is 2. The zero-order valence-electron chi connectivity index (χ0n) is 6.89. The average molecular weight is 158 g/mol. The quantitative estimate of drug-likeness (QED) is 0.462. The van der Waals surface area contributed by atoms with Gasteiger partial charge in [-0.25, -0.2) is 0 Å². The number of hydrogen-bond acceptors (Lipinski definition) is 3. The van der Waals surface area contributed by atoms with E-state index in [1.165, 1.54) is 0 Å². The highest BCUT2D eigenvalue weighted by atomic mass is 16.5. The van der Waals surface area contributed by atoms with Crippen molar-refractivity contribution in [1.29, 1.82) is 5.41 Å². The molecule has 1 atom stereocenters. The summed E-state index contributed by atoms with van der Waals surface area (Å²) >= 11 is 0. The summed E-state index contributed by atoms with van der Waals surface area (Å²) in [6.45, 7) is 3.97. The van der Waals surface area contributed by atoms with Crippen molar-refractivity contribution in [3.8, 4) is 0 Å². The highest BCUT2D eigenvalue weighted by molar-refractivity contribution is 5.98. The van der Waals surface area contributed by atoms with E-state index in [0.717, 1.165) is 0 Å². The van der Waals surface area contributed by atoms with Gasteiger partial charge >= 0.3 is 0 Å². The van der Waals surface area contributed by atoms with Crippen LogP contribution in [-0.4, -0.2) is 18.4 Å². The van der Waals surface area contributed by atoms with Crippen molar-refractivity contribution in [3.63, 3.8) is 0 Å². The van der Waals surface area contributed by atoms with Gasteiger partial charge in [0.1, 0.15) is 5.92 Å². The van der Waals surface area contributed by atoms with E-state index < -0.39 is 11.8 Å². The molecule has 0 fully saturated rings. The van der Waals surface area contributed by atoms with Gasteiger partial charge in [-0.05, 0) is 13.3 Å². The lowest BCUT2D eigenvalue weighted by atomic mass is 10.1. The van der Waals surface area contributed by atoms with Gasteiger partial charge in [-0.3, -0.25) is 10.2 Å². The van der Waals surface area contributed by atoms with Crippen LogP contribution in [-0.2, 0) is 9.53 Å². The first-order valence-corrected chi connectivity index (χ1v) is 3.64. The fraction of sp³-hybridized carbons (Fsp3) is 0.714. The van der Waals surface area contributed by atoms with Gasteiger partial charge in [0.05, 0.1) is 6.61 Å². The summed E-state index contributed by atoms with van der Waals surface area (Å²) in [5.41, 5.74) is 5.02. The molecule has 0 aromatic rings. The number of nitrogens with two attached hydrogens (primary N) is 1. The largest absolute Gasteiger partial charge is 0.481 e. The molecule has 64 valence electrons. The van der Waals surface area contributed by atoms with E-state index in [1.807, 2.05) is 0 Å². The fourth-order valence-electron chi connectivity index (χ4n) is 0.772. The van der Waals surface area contributed by atoms with E-state index in [4.69, 9.17) is 15.9 Å². The summed E-state index contributed by atoms with van der Waals surface area (Å²) in [7, 11) is 0. The molecule has 0 radical (unpaired) electrons. The molecule has 1 amide bonds. The minimum absolute atomic E-state index is 0.0255. The highest BCUT2D eigenvalue weighted by Gasteiger charge is 2.19. The van der Waals surface area contributed by atoms with Crippen molar-refractivity contribution in [1.82, 2.24) is 0 Å². The standard InChI is InChI=1S/C7H14N2O2/c1-3-5(6(8)10)7(9)11-4-2/h5,9H,3-4H2,1-2H3,(H2,8,10). The van der Waals surface area contributed by atoms with Crippen molar-refractivity contribution in [2.45, 2.75) is 20.3 Å². The normalized spacial score (nSPS) is 12.2. The number of ether oxygens (including phenoxy) is 1. The molecule has 0 saturated carbocycles. The predicted molar refractivity (Wildman–Crippen MR) is 42.3 cm³/mol. The number of carbonyl (C=O) groups excluding carboxylic acids is 1. The molecule has 0 bridgehead atoms. The Kier molecular flexibility index (Phi) is 4.26. The number of amides is 1. The zero-order chi connectivity index (χ0) is 8.85. The molecule has 0 aliphatic rings. The van der Waals surface area contributed by atoms with Crippen LogP contribution >= 0.6 is 0 Å². The third-order valence-corrected chi connectivity index (χ3v) is 1.37. The predicted octanol–water partition coefficient (Wildman–Crippen LogP) is 0.512. The SMILES string of the molecule is CCOC(=N)C(CC)C(N)=O. The van der Waals surface area contributed by atoms with E-state index >= 15 is 0 Å². The van der Waals surface area contributed by atoms with Crippen molar-refractivity contribution in [2.24, 2.45) is 11.7 Å². The van der Waals surface area contributed by atoms with E-state index in [1.54, 1.807) is 13.8 Å². The Morgan fingerprint density at radius 1 is 1.64 bits per heavy atom. The summed E-state index contributed by atoms with van der Waals surface area (Å²) in [5, 5.41) is 7.25. The molecular weight excluding hydrogens is 144 g/mol. The fourth-order valence-corrected chi connectivity index (χ4v) is 0.772. The van der Waals surface area contributed by atoms with Gasteiger partial charge in [0.2, 0.25) is 5.91 Å². The smallest absolute Gasteiger partial charge is 0.229 e. The van der Waals surface area contributed by atoms with Crippen LogP contribution in [0.3, 0.4) is 0 Å². The third-order valence-electron chi connectivity index (χ3n) is 1.37. The van der Waals surface area contributed by atoms with E-state index in [2.05, 4.69) is 0 Å². The zero-order valence-corrected chi connectivity index (χ0v) is 6.89. The Balaban J connectivity index is 4.03. The Morgan fingerprint density at radius 3 is 2.45 bits per heavy atom. The van der Waals surface area contributed by atoms with Crippen LogP contribution < -0.4 is 5.73 Å². The molecule has 4 nitrogen and oxygen atoms in total. The summed E-state index contributed by atoms with van der Waals surface area (Å²) in [6, 6.07) is 0. The maximum absolute atomic E-state index is 10.6. The van der Waals surface area contributed by atoms with Crippen molar-refractivity contribution in [2.75, 3.05) is 6.61 Å². The molecule has 0 aliphatic carbocycles. The Hall–Kier alpha value is -1.06. The lowest BCUT2D eigenvalue weighted by Gasteiger charge is -2.11. The van der Waals surface area contributed by atoms with Gasteiger partial charge in [0.25, 0.3) is 0 Å². The molecule has 11 heavy (non-hydrogen) atoms. The maximum Gasteiger partial charge on any atom is 0.229 e. The van der Waals surface area contributed by atoms with Crippen molar-refractivity contribution < 1.29 is 9.53 Å². The molecule has 0 aliphatic heterocycles. The van der Waals surface area contributed by atoms with Crippen LogP contribution in [0.1, 0.15) is 20.3 Å². The minimum atomic E-state index is -0.560. The number of carbonyl (C=O) groups is 1.